The van der Waals surface area contributed by atoms with Crippen molar-refractivity contribution >= 4 is 24.2 Å². The molecule has 1 aromatic rings. The molecule has 0 saturated carbocycles. The van der Waals surface area contributed by atoms with E-state index >= 15 is 0 Å². The largest absolute Gasteiger partial charge is 0.445 e. The van der Waals surface area contributed by atoms with E-state index in [1.807, 2.05) is 18.2 Å². The smallest absolute Gasteiger partial charge is 0.414 e. The number of aliphatic hydroxyl groups is 1. The molecule has 12 nitrogen and oxygen atoms in total. The lowest BCUT2D eigenvalue weighted by Gasteiger charge is -2.22. The van der Waals surface area contributed by atoms with Gasteiger partial charge in [0.2, 0.25) is 0 Å². The predicted molar refractivity (Wildman–Crippen MR) is 123 cm³/mol. The van der Waals surface area contributed by atoms with E-state index in [-0.39, 0.29) is 13.2 Å². The second kappa shape index (κ2) is 13.2. The van der Waals surface area contributed by atoms with Gasteiger partial charge in [-0.2, -0.15) is 0 Å². The number of nitrogens with one attached hydrogen (secondary N) is 3. The van der Waals surface area contributed by atoms with Crippen LogP contribution in [-0.2, 0) is 25.7 Å². The Morgan fingerprint density at radius 1 is 0.912 bits per heavy atom. The van der Waals surface area contributed by atoms with Crippen molar-refractivity contribution in [1.29, 1.82) is 0 Å². The van der Waals surface area contributed by atoms with Gasteiger partial charge in [0.1, 0.15) is 17.8 Å². The summed E-state index contributed by atoms with van der Waals surface area (Å²) in [7, 11) is 0. The molecule has 1 atom stereocenters. The van der Waals surface area contributed by atoms with Crippen LogP contribution in [0.15, 0.2) is 35.5 Å². The molecule has 3 amide bonds. The molecule has 4 N–H and O–H groups in total. The van der Waals surface area contributed by atoms with Crippen molar-refractivity contribution in [3.63, 3.8) is 0 Å². The molecular weight excluding hydrogens is 448 g/mol. The Morgan fingerprint density at radius 3 is 1.91 bits per heavy atom. The summed E-state index contributed by atoms with van der Waals surface area (Å²) in [6, 6.07) is 9.09. The number of oxime groups is 1. The van der Waals surface area contributed by atoms with E-state index in [1.165, 1.54) is 0 Å². The molecule has 0 fully saturated rings. The van der Waals surface area contributed by atoms with E-state index in [0.717, 1.165) is 5.56 Å². The summed E-state index contributed by atoms with van der Waals surface area (Å²) >= 11 is 0. The number of carbonyl (C=O) groups is 3. The fraction of sp³-hybridized carbons (Fsp3) is 0.545. The Balaban J connectivity index is 2.69. The maximum absolute atomic E-state index is 12.1. The molecule has 0 aliphatic heterocycles. The summed E-state index contributed by atoms with van der Waals surface area (Å²) in [6.45, 7) is 9.32. The molecule has 0 saturated heterocycles. The summed E-state index contributed by atoms with van der Waals surface area (Å²) < 4.78 is 15.3. The number of amides is 3. The van der Waals surface area contributed by atoms with Crippen molar-refractivity contribution in [2.75, 3.05) is 13.2 Å². The summed E-state index contributed by atoms with van der Waals surface area (Å²) in [5, 5.41) is 20.1. The van der Waals surface area contributed by atoms with Gasteiger partial charge in [-0.05, 0) is 52.3 Å². The Hall–Kier alpha value is -3.54. The van der Waals surface area contributed by atoms with Crippen molar-refractivity contribution < 1.29 is 38.5 Å². The lowest BCUT2D eigenvalue weighted by Crippen LogP contribution is -2.47. The molecule has 0 heterocycles. The maximum Gasteiger partial charge on any atom is 0.414 e. The van der Waals surface area contributed by atoms with E-state index in [9.17, 15) is 19.5 Å². The first-order valence-electron chi connectivity index (χ1n) is 10.6. The number of ether oxygens (including phenoxy) is 3. The second-order valence-corrected chi connectivity index (χ2v) is 9.05. The van der Waals surface area contributed by atoms with Crippen molar-refractivity contribution in [3.8, 4) is 0 Å². The number of aliphatic hydroxyl groups excluding tert-OH is 1. The lowest BCUT2D eigenvalue weighted by atomic mass is 10.2. The predicted octanol–water partition coefficient (Wildman–Crippen LogP) is 2.61. The van der Waals surface area contributed by atoms with Crippen LogP contribution in [0.3, 0.4) is 0 Å². The van der Waals surface area contributed by atoms with Gasteiger partial charge in [-0.1, -0.05) is 30.3 Å². The van der Waals surface area contributed by atoms with Crippen LogP contribution in [0.5, 0.6) is 0 Å². The monoisotopic (exact) mass is 482 g/mol. The fourth-order valence-electron chi connectivity index (χ4n) is 2.11. The van der Waals surface area contributed by atoms with Crippen LogP contribution in [0, 0.1) is 0 Å². The first-order chi connectivity index (χ1) is 15.8. The zero-order chi connectivity index (χ0) is 25.8. The van der Waals surface area contributed by atoms with Gasteiger partial charge in [-0.3, -0.25) is 10.6 Å². The van der Waals surface area contributed by atoms with Crippen LogP contribution in [-0.4, -0.2) is 59.8 Å². The van der Waals surface area contributed by atoms with E-state index < -0.39 is 48.2 Å². The highest BCUT2D eigenvalue weighted by Crippen LogP contribution is 2.08. The average molecular weight is 483 g/mol. The fourth-order valence-corrected chi connectivity index (χ4v) is 2.11. The standard InChI is InChI=1S/C22H34N4O8/c1-21(2,3)32-19(29)24-17(25-20(30)33-22(4,5)6)26-34-16(13-27)12-23-18(28)31-14-15-10-8-7-9-11-15/h7-11,16,27H,12-14H2,1-6H3,(H,23,28)(H2,24,25,26,29,30). The summed E-state index contributed by atoms with van der Waals surface area (Å²) in [5.74, 6) is -0.436. The Labute approximate surface area is 199 Å². The minimum Gasteiger partial charge on any atom is -0.445 e. The Morgan fingerprint density at radius 2 is 1.44 bits per heavy atom. The first kappa shape index (κ1) is 28.5. The number of hydrogen-bond donors (Lipinski definition) is 4. The second-order valence-electron chi connectivity index (χ2n) is 9.05. The molecule has 0 radical (unpaired) electrons. The van der Waals surface area contributed by atoms with Gasteiger partial charge >= 0.3 is 18.3 Å². The van der Waals surface area contributed by atoms with Crippen molar-refractivity contribution in [1.82, 2.24) is 16.0 Å². The van der Waals surface area contributed by atoms with E-state index in [2.05, 4.69) is 21.1 Å². The molecular formula is C22H34N4O8. The van der Waals surface area contributed by atoms with Crippen molar-refractivity contribution in [2.45, 2.75) is 65.5 Å². The highest BCUT2D eigenvalue weighted by Gasteiger charge is 2.22. The van der Waals surface area contributed by atoms with Gasteiger partial charge in [-0.15, -0.1) is 0 Å². The van der Waals surface area contributed by atoms with Crippen LogP contribution in [0.1, 0.15) is 47.1 Å². The van der Waals surface area contributed by atoms with E-state index in [4.69, 9.17) is 19.0 Å². The highest BCUT2D eigenvalue weighted by atomic mass is 16.6. The molecule has 12 heteroatoms. The zero-order valence-corrected chi connectivity index (χ0v) is 20.3. The Bertz CT molecular complexity index is 800. The van der Waals surface area contributed by atoms with E-state index in [0.29, 0.717) is 0 Å². The van der Waals surface area contributed by atoms with Crippen LogP contribution >= 0.6 is 0 Å². The molecule has 1 rings (SSSR count). The van der Waals surface area contributed by atoms with Gasteiger partial charge < -0.3 is 29.5 Å². The molecule has 34 heavy (non-hydrogen) atoms. The molecule has 1 unspecified atom stereocenters. The third-order valence-corrected chi connectivity index (χ3v) is 3.42. The molecule has 0 bridgehead atoms. The van der Waals surface area contributed by atoms with Crippen LogP contribution in [0.4, 0.5) is 14.4 Å². The van der Waals surface area contributed by atoms with E-state index in [1.54, 1.807) is 53.7 Å². The van der Waals surface area contributed by atoms with Crippen molar-refractivity contribution in [3.05, 3.63) is 35.9 Å². The number of rotatable bonds is 7. The number of nitrogens with zero attached hydrogens (tertiary/aromatic N) is 1. The van der Waals surface area contributed by atoms with Crippen LogP contribution < -0.4 is 16.0 Å². The molecule has 1 aromatic carbocycles. The van der Waals surface area contributed by atoms with Gasteiger partial charge in [0.25, 0.3) is 5.96 Å². The van der Waals surface area contributed by atoms with Crippen LogP contribution in [0.2, 0.25) is 0 Å². The summed E-state index contributed by atoms with van der Waals surface area (Å²) in [4.78, 5) is 41.2. The number of guanidine groups is 1. The van der Waals surface area contributed by atoms with Gasteiger partial charge in [0, 0.05) is 0 Å². The van der Waals surface area contributed by atoms with Gasteiger partial charge in [0.05, 0.1) is 13.2 Å². The van der Waals surface area contributed by atoms with Gasteiger partial charge in [0.15, 0.2) is 6.10 Å². The van der Waals surface area contributed by atoms with Crippen molar-refractivity contribution in [2.24, 2.45) is 5.16 Å². The molecule has 0 aliphatic carbocycles. The zero-order valence-electron chi connectivity index (χ0n) is 20.3. The number of benzene rings is 1. The Kier molecular flexibility index (Phi) is 11.1. The summed E-state index contributed by atoms with van der Waals surface area (Å²) in [6.07, 6.45) is -3.56. The highest BCUT2D eigenvalue weighted by molar-refractivity contribution is 6.01. The third-order valence-electron chi connectivity index (χ3n) is 3.42. The topological polar surface area (TPSA) is 157 Å². The molecule has 190 valence electrons. The third kappa shape index (κ3) is 13.8. The lowest BCUT2D eigenvalue weighted by molar-refractivity contribution is 0.0146. The van der Waals surface area contributed by atoms with Crippen LogP contribution in [0.25, 0.3) is 0 Å². The number of alkyl carbamates (subject to hydrolysis) is 3. The molecule has 0 aromatic heterocycles. The average Bonchev–Trinajstić information content (AvgIpc) is 2.70. The quantitative estimate of drug-likeness (QED) is 0.200. The number of hydrogen-bond acceptors (Lipinski definition) is 9. The minimum absolute atomic E-state index is 0.0687. The normalized spacial score (nSPS) is 12.0. The SMILES string of the molecule is CC(C)(C)OC(=O)NC(=NOC(CO)CNC(=O)OCc1ccccc1)NC(=O)OC(C)(C)C. The van der Waals surface area contributed by atoms with Gasteiger partial charge in [-0.25, -0.2) is 14.4 Å². The maximum atomic E-state index is 12.1. The molecule has 0 spiro atoms. The first-order valence-corrected chi connectivity index (χ1v) is 10.6. The minimum atomic E-state index is -1.01. The summed E-state index contributed by atoms with van der Waals surface area (Å²) in [5.41, 5.74) is -0.803. The number of carbonyl (C=O) groups excluding carboxylic acids is 3. The molecule has 0 aliphatic rings.